The molecule has 2 fully saturated rings. The molecule has 8 heteroatoms. The van der Waals surface area contributed by atoms with Crippen LogP contribution in [0, 0.1) is 0 Å². The minimum Gasteiger partial charge on any atom is -0.480 e. The maximum Gasteiger partial charge on any atom is 0.323 e. The van der Waals surface area contributed by atoms with E-state index in [9.17, 15) is 19.2 Å². The maximum atomic E-state index is 12.2. The number of amides is 3. The van der Waals surface area contributed by atoms with Crippen molar-refractivity contribution in [1.29, 1.82) is 0 Å². The number of aliphatic carboxylic acids is 1. The number of carbonyl (C=O) groups is 4. The Morgan fingerprint density at radius 3 is 2.50 bits per heavy atom. The van der Waals surface area contributed by atoms with Crippen LogP contribution in [-0.4, -0.2) is 82.3 Å². The van der Waals surface area contributed by atoms with Gasteiger partial charge in [0.25, 0.3) is 0 Å². The number of nitrogens with zero attached hydrogens (tertiary/aromatic N) is 3. The molecule has 0 bridgehead atoms. The van der Waals surface area contributed by atoms with Gasteiger partial charge in [-0.3, -0.25) is 19.2 Å². The Morgan fingerprint density at radius 1 is 1.18 bits per heavy atom. The number of likely N-dealkylation sites (tertiary alicyclic amines) is 1. The predicted molar refractivity (Wildman–Crippen MR) is 75.8 cm³/mol. The zero-order chi connectivity index (χ0) is 16.3. The second-order valence-corrected chi connectivity index (χ2v) is 5.65. The van der Waals surface area contributed by atoms with Gasteiger partial charge in [0.1, 0.15) is 12.6 Å². The van der Waals surface area contributed by atoms with Crippen LogP contribution in [0.15, 0.2) is 0 Å². The smallest absolute Gasteiger partial charge is 0.323 e. The minimum atomic E-state index is -1.06. The van der Waals surface area contributed by atoms with E-state index in [1.54, 1.807) is 11.8 Å². The summed E-state index contributed by atoms with van der Waals surface area (Å²) in [7, 11) is 0. The van der Waals surface area contributed by atoms with Crippen molar-refractivity contribution in [1.82, 2.24) is 14.7 Å². The van der Waals surface area contributed by atoms with Crippen LogP contribution in [0.1, 0.15) is 26.2 Å². The second kappa shape index (κ2) is 6.76. The Labute approximate surface area is 128 Å². The monoisotopic (exact) mass is 311 g/mol. The topological polar surface area (TPSA) is 98.2 Å². The van der Waals surface area contributed by atoms with Crippen LogP contribution in [0.3, 0.4) is 0 Å². The van der Waals surface area contributed by atoms with Crippen LogP contribution in [0.2, 0.25) is 0 Å². The summed E-state index contributed by atoms with van der Waals surface area (Å²) in [5.41, 5.74) is 0. The maximum absolute atomic E-state index is 12.2. The van der Waals surface area contributed by atoms with Gasteiger partial charge in [-0.05, 0) is 13.3 Å². The van der Waals surface area contributed by atoms with Gasteiger partial charge in [0.05, 0.1) is 0 Å². The summed E-state index contributed by atoms with van der Waals surface area (Å²) in [6.45, 7) is 2.89. The average Bonchev–Trinajstić information content (AvgIpc) is 2.86. The normalized spacial score (nSPS) is 22.4. The first-order valence-corrected chi connectivity index (χ1v) is 7.48. The molecule has 3 amide bonds. The van der Waals surface area contributed by atoms with Crippen LogP contribution in [0.5, 0.6) is 0 Å². The van der Waals surface area contributed by atoms with Crippen molar-refractivity contribution in [2.45, 2.75) is 32.2 Å². The first kappa shape index (κ1) is 16.3. The van der Waals surface area contributed by atoms with E-state index < -0.39 is 12.0 Å². The van der Waals surface area contributed by atoms with Gasteiger partial charge in [0.15, 0.2) is 0 Å². The van der Waals surface area contributed by atoms with Crippen LogP contribution in [0.25, 0.3) is 0 Å². The molecule has 2 heterocycles. The Bertz CT molecular complexity index is 493. The van der Waals surface area contributed by atoms with E-state index in [-0.39, 0.29) is 37.2 Å². The van der Waals surface area contributed by atoms with Crippen molar-refractivity contribution in [3.8, 4) is 0 Å². The van der Waals surface area contributed by atoms with Gasteiger partial charge in [0, 0.05) is 39.0 Å². The summed E-state index contributed by atoms with van der Waals surface area (Å²) in [5.74, 6) is -1.51. The van der Waals surface area contributed by atoms with Gasteiger partial charge >= 0.3 is 5.97 Å². The molecule has 0 aromatic carbocycles. The fourth-order valence-corrected chi connectivity index (χ4v) is 2.91. The molecule has 2 saturated heterocycles. The Balaban J connectivity index is 1.87. The minimum absolute atomic E-state index is 0.0724. The molecule has 1 atom stereocenters. The van der Waals surface area contributed by atoms with E-state index in [2.05, 4.69) is 0 Å². The quantitative estimate of drug-likeness (QED) is 0.712. The molecule has 1 unspecified atom stereocenters. The lowest BCUT2D eigenvalue weighted by Gasteiger charge is -2.38. The standard InChI is InChI=1S/C14H21N3O5/c1-10-14(22)16(9-13(20)21)7-8-17(10)12(19)4-6-15-5-2-3-11(15)18/h10H,2-9H2,1H3,(H,20,21). The highest BCUT2D eigenvalue weighted by molar-refractivity contribution is 5.90. The number of hydrogen-bond acceptors (Lipinski definition) is 4. The summed E-state index contributed by atoms with van der Waals surface area (Å²) in [6, 6.07) is -0.658. The molecule has 0 aliphatic carbocycles. The molecule has 0 spiro atoms. The molecule has 2 aliphatic rings. The molecule has 0 radical (unpaired) electrons. The van der Waals surface area contributed by atoms with Crippen molar-refractivity contribution < 1.29 is 24.3 Å². The fraction of sp³-hybridized carbons (Fsp3) is 0.714. The van der Waals surface area contributed by atoms with Crippen molar-refractivity contribution >= 4 is 23.7 Å². The molecule has 2 rings (SSSR count). The van der Waals surface area contributed by atoms with E-state index in [1.807, 2.05) is 0 Å². The summed E-state index contributed by atoms with van der Waals surface area (Å²) >= 11 is 0. The molecular weight excluding hydrogens is 290 g/mol. The zero-order valence-corrected chi connectivity index (χ0v) is 12.7. The van der Waals surface area contributed by atoms with Crippen molar-refractivity contribution in [3.63, 3.8) is 0 Å². The Morgan fingerprint density at radius 2 is 1.91 bits per heavy atom. The number of piperazine rings is 1. The number of carboxylic acid groups (broad SMARTS) is 1. The average molecular weight is 311 g/mol. The highest BCUT2D eigenvalue weighted by atomic mass is 16.4. The van der Waals surface area contributed by atoms with Gasteiger partial charge in [-0.25, -0.2) is 0 Å². The van der Waals surface area contributed by atoms with E-state index in [1.165, 1.54) is 9.80 Å². The molecule has 22 heavy (non-hydrogen) atoms. The van der Waals surface area contributed by atoms with E-state index in [0.717, 1.165) is 6.42 Å². The number of rotatable bonds is 5. The Kier molecular flexibility index (Phi) is 4.99. The zero-order valence-electron chi connectivity index (χ0n) is 12.7. The summed E-state index contributed by atoms with van der Waals surface area (Å²) in [6.07, 6.45) is 1.56. The predicted octanol–water partition coefficient (Wildman–Crippen LogP) is -0.857. The summed E-state index contributed by atoms with van der Waals surface area (Å²) in [5, 5.41) is 8.76. The third-order valence-corrected chi connectivity index (χ3v) is 4.16. The second-order valence-electron chi connectivity index (χ2n) is 5.65. The van der Waals surface area contributed by atoms with Crippen LogP contribution < -0.4 is 0 Å². The lowest BCUT2D eigenvalue weighted by Crippen LogP contribution is -2.58. The van der Waals surface area contributed by atoms with Gasteiger partial charge in [0.2, 0.25) is 17.7 Å². The molecule has 0 saturated carbocycles. The van der Waals surface area contributed by atoms with Gasteiger partial charge in [-0.15, -0.1) is 0 Å². The first-order valence-electron chi connectivity index (χ1n) is 7.48. The number of carboxylic acids is 1. The van der Waals surface area contributed by atoms with Gasteiger partial charge < -0.3 is 19.8 Å². The number of hydrogen-bond donors (Lipinski definition) is 1. The lowest BCUT2D eigenvalue weighted by atomic mass is 10.1. The van der Waals surface area contributed by atoms with Gasteiger partial charge in [-0.1, -0.05) is 0 Å². The summed E-state index contributed by atoms with van der Waals surface area (Å²) in [4.78, 5) is 50.9. The van der Waals surface area contributed by atoms with Crippen molar-refractivity contribution in [3.05, 3.63) is 0 Å². The fourth-order valence-electron chi connectivity index (χ4n) is 2.91. The van der Waals surface area contributed by atoms with Crippen LogP contribution >= 0.6 is 0 Å². The third kappa shape index (κ3) is 3.55. The van der Waals surface area contributed by atoms with Crippen molar-refractivity contribution in [2.75, 3.05) is 32.7 Å². The SMILES string of the molecule is CC1C(=O)N(CC(=O)O)CCN1C(=O)CCN1CCCC1=O. The highest BCUT2D eigenvalue weighted by Crippen LogP contribution is 2.14. The molecule has 0 aromatic heterocycles. The van der Waals surface area contributed by atoms with E-state index in [4.69, 9.17) is 5.11 Å². The van der Waals surface area contributed by atoms with E-state index >= 15 is 0 Å². The first-order chi connectivity index (χ1) is 10.4. The lowest BCUT2D eigenvalue weighted by molar-refractivity contribution is -0.154. The molecule has 0 aromatic rings. The number of carbonyl (C=O) groups excluding carboxylic acids is 3. The molecular formula is C14H21N3O5. The molecule has 2 aliphatic heterocycles. The molecule has 1 N–H and O–H groups in total. The van der Waals surface area contributed by atoms with Crippen molar-refractivity contribution in [2.24, 2.45) is 0 Å². The van der Waals surface area contributed by atoms with Crippen LogP contribution in [-0.2, 0) is 19.2 Å². The Hall–Kier alpha value is -2.12. The molecule has 122 valence electrons. The molecule has 8 nitrogen and oxygen atoms in total. The van der Waals surface area contributed by atoms with E-state index in [0.29, 0.717) is 26.1 Å². The largest absolute Gasteiger partial charge is 0.480 e. The third-order valence-electron chi connectivity index (χ3n) is 4.16. The summed E-state index contributed by atoms with van der Waals surface area (Å²) < 4.78 is 0. The van der Waals surface area contributed by atoms with Crippen LogP contribution in [0.4, 0.5) is 0 Å². The van der Waals surface area contributed by atoms with Gasteiger partial charge in [-0.2, -0.15) is 0 Å². The highest BCUT2D eigenvalue weighted by Gasteiger charge is 2.35.